The van der Waals surface area contributed by atoms with Gasteiger partial charge in [-0.3, -0.25) is 24.0 Å². The zero-order valence-electron chi connectivity index (χ0n) is 23.6. The Hall–Kier alpha value is -4.79. The Morgan fingerprint density at radius 1 is 1.04 bits per heavy atom. The molecule has 3 aromatic rings. The van der Waals surface area contributed by atoms with Gasteiger partial charge in [0.2, 0.25) is 11.3 Å². The second-order valence-electron chi connectivity index (χ2n) is 11.4. The Morgan fingerprint density at radius 2 is 1.73 bits per heavy atom. The largest absolute Gasteiger partial charge is 0.503 e. The van der Waals surface area contributed by atoms with Crippen LogP contribution >= 0.6 is 0 Å². The summed E-state index contributed by atoms with van der Waals surface area (Å²) in [5.41, 5.74) is -4.42. The maximum atomic E-state index is 14.4. The molecule has 2 saturated heterocycles. The van der Waals surface area contributed by atoms with Crippen LogP contribution in [0, 0.1) is 29.1 Å². The number of amides is 3. The molecule has 1 aromatic heterocycles. The summed E-state index contributed by atoms with van der Waals surface area (Å²) in [5.74, 6) is -8.86. The molecule has 15 heteroatoms. The average molecular weight is 633 g/mol. The number of pyridine rings is 1. The summed E-state index contributed by atoms with van der Waals surface area (Å²) in [4.78, 5) is 60.6. The van der Waals surface area contributed by atoms with Crippen LogP contribution in [0.1, 0.15) is 64.2 Å². The van der Waals surface area contributed by atoms with Crippen molar-refractivity contribution in [2.75, 3.05) is 6.54 Å². The van der Waals surface area contributed by atoms with Crippen molar-refractivity contribution in [3.8, 4) is 5.75 Å². The minimum Gasteiger partial charge on any atom is -0.503 e. The lowest BCUT2D eigenvalue weighted by Crippen LogP contribution is -2.52. The van der Waals surface area contributed by atoms with Crippen LogP contribution in [0.25, 0.3) is 0 Å². The third kappa shape index (κ3) is 5.10. The van der Waals surface area contributed by atoms with E-state index >= 15 is 0 Å². The summed E-state index contributed by atoms with van der Waals surface area (Å²) in [6, 6.07) is 2.38. The van der Waals surface area contributed by atoms with E-state index in [2.05, 4.69) is 5.32 Å². The van der Waals surface area contributed by atoms with Crippen LogP contribution in [0.4, 0.5) is 22.0 Å². The van der Waals surface area contributed by atoms with E-state index < -0.39 is 99.0 Å². The predicted octanol–water partition coefficient (Wildman–Crippen LogP) is 3.46. The van der Waals surface area contributed by atoms with Gasteiger partial charge in [-0.25, -0.2) is 27.0 Å². The van der Waals surface area contributed by atoms with Gasteiger partial charge >= 0.3 is 0 Å². The number of carbonyl (C=O) groups excluding carboxylic acids is 3. The molecule has 10 nitrogen and oxygen atoms in total. The number of rotatable bonds is 5. The minimum atomic E-state index is -1.37. The molecule has 2 fully saturated rings. The van der Waals surface area contributed by atoms with Crippen LogP contribution in [0.3, 0.4) is 0 Å². The highest BCUT2D eigenvalue weighted by Gasteiger charge is 2.56. The molecule has 3 aliphatic heterocycles. The fraction of sp³-hybridized carbons (Fsp3) is 0.333. The molecule has 1 spiro atoms. The molecule has 45 heavy (non-hydrogen) atoms. The number of hydrogen-bond donors (Lipinski definition) is 2. The Bertz CT molecular complexity index is 1810. The molecule has 2 bridgehead atoms. The number of carbonyl (C=O) groups is 3. The second kappa shape index (κ2) is 11.0. The Kier molecular flexibility index (Phi) is 7.38. The molecule has 2 N–H and O–H groups in total. The van der Waals surface area contributed by atoms with E-state index in [1.54, 1.807) is 6.92 Å². The summed E-state index contributed by atoms with van der Waals surface area (Å²) >= 11 is 0. The van der Waals surface area contributed by atoms with Gasteiger partial charge in [0.05, 0.1) is 19.0 Å². The SMILES string of the molecule is C[C@H]1CC[C@]2(CC(=O)N(Cc3ccc(F)cc3F)O2)[C@H]2CN1C(=O)c1c(O)c(=O)c(C(=O)NCc3c(F)cc(F)cc3F)cn12. The summed E-state index contributed by atoms with van der Waals surface area (Å²) in [5, 5.41) is 14.1. The van der Waals surface area contributed by atoms with Crippen molar-refractivity contribution in [2.45, 2.75) is 57.0 Å². The molecule has 0 radical (unpaired) electrons. The van der Waals surface area contributed by atoms with Crippen molar-refractivity contribution in [1.82, 2.24) is 19.8 Å². The second-order valence-corrected chi connectivity index (χ2v) is 11.4. The summed E-state index contributed by atoms with van der Waals surface area (Å²) in [6.07, 6.45) is 1.31. The van der Waals surface area contributed by atoms with Crippen LogP contribution < -0.4 is 10.7 Å². The number of nitrogens with zero attached hydrogens (tertiary/aromatic N) is 3. The van der Waals surface area contributed by atoms with E-state index in [0.29, 0.717) is 24.6 Å². The first-order chi connectivity index (χ1) is 21.3. The zero-order chi connectivity index (χ0) is 32.4. The highest BCUT2D eigenvalue weighted by Crippen LogP contribution is 2.47. The normalized spacial score (nSPS) is 22.5. The maximum absolute atomic E-state index is 14.4. The van der Waals surface area contributed by atoms with Gasteiger partial charge in [-0.2, -0.15) is 0 Å². The maximum Gasteiger partial charge on any atom is 0.274 e. The molecule has 3 amide bonds. The van der Waals surface area contributed by atoms with Crippen LogP contribution in [0.2, 0.25) is 0 Å². The first-order valence-electron chi connectivity index (χ1n) is 13.9. The van der Waals surface area contributed by atoms with E-state index in [0.717, 1.165) is 17.3 Å². The smallest absolute Gasteiger partial charge is 0.274 e. The van der Waals surface area contributed by atoms with Gasteiger partial charge < -0.3 is 19.9 Å². The predicted molar refractivity (Wildman–Crippen MR) is 144 cm³/mol. The topological polar surface area (TPSA) is 121 Å². The van der Waals surface area contributed by atoms with E-state index in [4.69, 9.17) is 4.84 Å². The minimum absolute atomic E-state index is 0.0149. The molecule has 236 valence electrons. The highest BCUT2D eigenvalue weighted by atomic mass is 19.2. The quantitative estimate of drug-likeness (QED) is 0.416. The van der Waals surface area contributed by atoms with Crippen molar-refractivity contribution in [2.24, 2.45) is 0 Å². The van der Waals surface area contributed by atoms with Gasteiger partial charge in [-0.05, 0) is 25.8 Å². The Labute approximate surface area is 251 Å². The van der Waals surface area contributed by atoms with E-state index in [9.17, 15) is 46.2 Å². The molecular weight excluding hydrogens is 607 g/mol. The van der Waals surface area contributed by atoms with Crippen LogP contribution in [0.15, 0.2) is 41.3 Å². The van der Waals surface area contributed by atoms with E-state index in [1.165, 1.54) is 15.5 Å². The molecule has 0 saturated carbocycles. The number of halogens is 5. The summed E-state index contributed by atoms with van der Waals surface area (Å²) in [7, 11) is 0. The fourth-order valence-electron chi connectivity index (χ4n) is 6.20. The molecule has 2 aromatic carbocycles. The molecule has 6 rings (SSSR count). The van der Waals surface area contributed by atoms with Crippen molar-refractivity contribution in [3.05, 3.63) is 98.2 Å². The third-order valence-electron chi connectivity index (χ3n) is 8.63. The highest BCUT2D eigenvalue weighted by molar-refractivity contribution is 5.99. The number of aromatic nitrogens is 1. The Morgan fingerprint density at radius 3 is 2.42 bits per heavy atom. The number of fused-ring (bicyclic) bond motifs is 5. The van der Waals surface area contributed by atoms with Gasteiger partial charge in [-0.1, -0.05) is 6.07 Å². The number of aromatic hydroxyl groups is 1. The van der Waals surface area contributed by atoms with Gasteiger partial charge in [0.15, 0.2) is 11.4 Å². The average Bonchev–Trinajstić information content (AvgIpc) is 3.23. The van der Waals surface area contributed by atoms with Gasteiger partial charge in [0, 0.05) is 54.7 Å². The molecular formula is C30H25F5N4O6. The van der Waals surface area contributed by atoms with Crippen molar-refractivity contribution in [1.29, 1.82) is 0 Å². The number of hydrogen-bond acceptors (Lipinski definition) is 6. The monoisotopic (exact) mass is 632 g/mol. The van der Waals surface area contributed by atoms with Gasteiger partial charge in [0.1, 0.15) is 40.3 Å². The van der Waals surface area contributed by atoms with Crippen molar-refractivity contribution >= 4 is 17.7 Å². The van der Waals surface area contributed by atoms with Crippen molar-refractivity contribution < 1.29 is 46.3 Å². The molecule has 3 aliphatic rings. The van der Waals surface area contributed by atoms with E-state index in [1.807, 2.05) is 0 Å². The summed E-state index contributed by atoms with van der Waals surface area (Å²) < 4.78 is 70.6. The lowest BCUT2D eigenvalue weighted by Gasteiger charge is -2.42. The molecule has 4 heterocycles. The fourth-order valence-corrected chi connectivity index (χ4v) is 6.20. The van der Waals surface area contributed by atoms with Crippen LogP contribution in [0.5, 0.6) is 5.75 Å². The van der Waals surface area contributed by atoms with E-state index in [-0.39, 0.29) is 31.5 Å². The Balaban J connectivity index is 1.37. The molecule has 0 aliphatic carbocycles. The lowest BCUT2D eigenvalue weighted by molar-refractivity contribution is -0.218. The van der Waals surface area contributed by atoms with Crippen LogP contribution in [-0.4, -0.2) is 55.5 Å². The molecule has 3 atom stereocenters. The zero-order valence-corrected chi connectivity index (χ0v) is 23.6. The first-order valence-corrected chi connectivity index (χ1v) is 13.9. The number of benzene rings is 2. The lowest BCUT2D eigenvalue weighted by atomic mass is 9.85. The molecule has 0 unspecified atom stereocenters. The van der Waals surface area contributed by atoms with Gasteiger partial charge in [-0.15, -0.1) is 0 Å². The summed E-state index contributed by atoms with van der Waals surface area (Å²) in [6.45, 7) is 0.568. The van der Waals surface area contributed by atoms with Crippen LogP contribution in [-0.2, 0) is 22.7 Å². The van der Waals surface area contributed by atoms with Crippen molar-refractivity contribution in [3.63, 3.8) is 0 Å². The first kappa shape index (κ1) is 30.2. The third-order valence-corrected chi connectivity index (χ3v) is 8.63. The number of hydroxylamine groups is 2. The van der Waals surface area contributed by atoms with Gasteiger partial charge in [0.25, 0.3) is 11.8 Å². The number of nitrogens with one attached hydrogen (secondary N) is 1. The standard InChI is InChI=1S/C30H25F5N4O6/c1-14-4-5-30(9-24(40)39(45-30)11-15-2-3-16(31)6-20(15)33)23-13-37(14)29(44)25-27(42)26(41)19(12-38(23)25)28(43)36-10-18-21(34)7-17(32)8-22(18)35/h2-3,6-8,12,14,23,42H,4-5,9-11,13H2,1H3,(H,36,43)/t14-,23+,30-/m0/s1.